The van der Waals surface area contributed by atoms with Crippen molar-refractivity contribution in [3.8, 4) is 0 Å². The van der Waals surface area contributed by atoms with Crippen molar-refractivity contribution in [2.75, 3.05) is 6.54 Å². The molecule has 0 amide bonds. The van der Waals surface area contributed by atoms with Gasteiger partial charge in [0.1, 0.15) is 0 Å². The van der Waals surface area contributed by atoms with Gasteiger partial charge in [0, 0.05) is 22.0 Å². The van der Waals surface area contributed by atoms with Gasteiger partial charge in [-0.05, 0) is 72.1 Å². The van der Waals surface area contributed by atoms with Crippen LogP contribution in [0, 0.1) is 11.8 Å². The molecule has 0 bridgehead atoms. The van der Waals surface area contributed by atoms with Gasteiger partial charge in [-0.1, -0.05) is 20.8 Å². The summed E-state index contributed by atoms with van der Waals surface area (Å²) < 4.78 is 1.05. The molecule has 21 heavy (non-hydrogen) atoms. The lowest BCUT2D eigenvalue weighted by Crippen LogP contribution is -2.43. The van der Waals surface area contributed by atoms with E-state index in [0.717, 1.165) is 27.9 Å². The molecule has 1 saturated carbocycles. The molecule has 3 atom stereocenters. The average Bonchev–Trinajstić information content (AvgIpc) is 2.48. The minimum absolute atomic E-state index is 0.635. The number of aromatic nitrogens is 1. The van der Waals surface area contributed by atoms with Crippen molar-refractivity contribution in [3.05, 3.63) is 22.8 Å². The summed E-state index contributed by atoms with van der Waals surface area (Å²) in [5.41, 5.74) is 0. The summed E-state index contributed by atoms with van der Waals surface area (Å²) in [6.07, 6.45) is 7.08. The van der Waals surface area contributed by atoms with Crippen molar-refractivity contribution in [2.24, 2.45) is 11.8 Å². The summed E-state index contributed by atoms with van der Waals surface area (Å²) in [6, 6.07) is 4.85. The maximum atomic E-state index is 4.55. The second kappa shape index (κ2) is 8.54. The maximum absolute atomic E-state index is 4.55. The summed E-state index contributed by atoms with van der Waals surface area (Å²) in [5.74, 6) is 1.65. The first-order valence-electron chi connectivity index (χ1n) is 8.11. The Morgan fingerprint density at radius 2 is 2.19 bits per heavy atom. The molecule has 2 nitrogen and oxygen atoms in total. The van der Waals surface area contributed by atoms with Crippen LogP contribution in [0.5, 0.6) is 0 Å². The van der Waals surface area contributed by atoms with Crippen LogP contribution in [0.1, 0.15) is 46.5 Å². The molecule has 1 N–H and O–H groups in total. The topological polar surface area (TPSA) is 24.9 Å². The van der Waals surface area contributed by atoms with Gasteiger partial charge in [-0.25, -0.2) is 4.98 Å². The van der Waals surface area contributed by atoms with E-state index in [1.807, 2.05) is 18.0 Å². The molecule has 1 fully saturated rings. The highest BCUT2D eigenvalue weighted by atomic mass is 79.9. The quantitative estimate of drug-likeness (QED) is 0.750. The van der Waals surface area contributed by atoms with Gasteiger partial charge in [0.15, 0.2) is 0 Å². The Labute approximate surface area is 142 Å². The fourth-order valence-corrected chi connectivity index (χ4v) is 4.59. The van der Waals surface area contributed by atoms with Gasteiger partial charge in [-0.3, -0.25) is 0 Å². The monoisotopic (exact) mass is 370 g/mol. The van der Waals surface area contributed by atoms with E-state index in [4.69, 9.17) is 0 Å². The third-order valence-electron chi connectivity index (χ3n) is 4.40. The Kier molecular flexibility index (Phi) is 7.03. The van der Waals surface area contributed by atoms with Crippen LogP contribution >= 0.6 is 27.7 Å². The number of pyridine rings is 1. The fraction of sp³-hybridized carbons (Fsp3) is 0.706. The van der Waals surface area contributed by atoms with E-state index in [2.05, 4.69) is 59.1 Å². The first-order chi connectivity index (χ1) is 10.1. The van der Waals surface area contributed by atoms with Crippen molar-refractivity contribution < 1.29 is 0 Å². The molecule has 0 spiro atoms. The first-order valence-corrected chi connectivity index (χ1v) is 9.79. The predicted molar refractivity (Wildman–Crippen MR) is 95.8 cm³/mol. The zero-order valence-electron chi connectivity index (χ0n) is 13.3. The zero-order chi connectivity index (χ0) is 15.2. The van der Waals surface area contributed by atoms with Gasteiger partial charge in [0.25, 0.3) is 0 Å². The van der Waals surface area contributed by atoms with E-state index in [9.17, 15) is 0 Å². The van der Waals surface area contributed by atoms with Gasteiger partial charge in [-0.15, -0.1) is 11.8 Å². The SMILES string of the molecule is CCCNC1CCC(C(C)C)CC1Sc1ccc(Br)cn1. The maximum Gasteiger partial charge on any atom is 0.0963 e. The van der Waals surface area contributed by atoms with Gasteiger partial charge in [-0.2, -0.15) is 0 Å². The summed E-state index contributed by atoms with van der Waals surface area (Å²) in [5, 5.41) is 5.55. The molecule has 1 aliphatic carbocycles. The van der Waals surface area contributed by atoms with Gasteiger partial charge < -0.3 is 5.32 Å². The second-order valence-electron chi connectivity index (χ2n) is 6.35. The number of hydrogen-bond acceptors (Lipinski definition) is 3. The fourth-order valence-electron chi connectivity index (χ4n) is 3.05. The molecule has 0 aliphatic heterocycles. The Morgan fingerprint density at radius 1 is 1.38 bits per heavy atom. The molecular formula is C17H27BrN2S. The third-order valence-corrected chi connectivity index (χ3v) is 6.18. The molecule has 0 radical (unpaired) electrons. The molecule has 1 aromatic rings. The number of thioether (sulfide) groups is 1. The lowest BCUT2D eigenvalue weighted by Gasteiger charge is -2.38. The minimum atomic E-state index is 0.635. The number of nitrogens with one attached hydrogen (secondary N) is 1. The van der Waals surface area contributed by atoms with E-state index < -0.39 is 0 Å². The Morgan fingerprint density at radius 3 is 2.81 bits per heavy atom. The predicted octanol–water partition coefficient (Wildman–Crippen LogP) is 5.13. The van der Waals surface area contributed by atoms with Crippen LogP contribution in [0.2, 0.25) is 0 Å². The van der Waals surface area contributed by atoms with E-state index in [1.54, 1.807) is 0 Å². The molecule has 2 rings (SSSR count). The molecule has 4 heteroatoms. The highest BCUT2D eigenvalue weighted by Gasteiger charge is 2.32. The minimum Gasteiger partial charge on any atom is -0.313 e. The zero-order valence-corrected chi connectivity index (χ0v) is 15.7. The standard InChI is InChI=1S/C17H27BrN2S/c1-4-9-19-15-7-5-13(12(2)3)10-16(15)21-17-8-6-14(18)11-20-17/h6,8,11-13,15-16,19H,4-5,7,9-10H2,1-3H3. The summed E-state index contributed by atoms with van der Waals surface area (Å²) in [6.45, 7) is 8.10. The molecule has 1 aliphatic rings. The van der Waals surface area contributed by atoms with Crippen LogP contribution in [0.25, 0.3) is 0 Å². The van der Waals surface area contributed by atoms with E-state index in [0.29, 0.717) is 11.3 Å². The van der Waals surface area contributed by atoms with Crippen LogP contribution in [0.3, 0.4) is 0 Å². The summed E-state index contributed by atoms with van der Waals surface area (Å²) in [7, 11) is 0. The third kappa shape index (κ3) is 5.26. The lowest BCUT2D eigenvalue weighted by atomic mass is 9.79. The van der Waals surface area contributed by atoms with Crippen molar-refractivity contribution in [1.82, 2.24) is 10.3 Å². The number of nitrogens with zero attached hydrogens (tertiary/aromatic N) is 1. The molecular weight excluding hydrogens is 344 g/mol. The second-order valence-corrected chi connectivity index (χ2v) is 8.52. The molecule has 0 saturated heterocycles. The first kappa shape index (κ1) is 17.3. The van der Waals surface area contributed by atoms with Crippen LogP contribution < -0.4 is 5.32 Å². The Balaban J connectivity index is 2.03. The highest BCUT2D eigenvalue weighted by Crippen LogP contribution is 2.38. The molecule has 0 aromatic carbocycles. The largest absolute Gasteiger partial charge is 0.313 e. The number of hydrogen-bond donors (Lipinski definition) is 1. The smallest absolute Gasteiger partial charge is 0.0963 e. The Bertz CT molecular complexity index is 421. The van der Waals surface area contributed by atoms with Crippen molar-refractivity contribution in [1.29, 1.82) is 0 Å². The molecule has 1 aromatic heterocycles. The van der Waals surface area contributed by atoms with Gasteiger partial charge in [0.05, 0.1) is 5.03 Å². The van der Waals surface area contributed by atoms with Crippen molar-refractivity contribution >= 4 is 27.7 Å². The summed E-state index contributed by atoms with van der Waals surface area (Å²) >= 11 is 5.42. The van der Waals surface area contributed by atoms with Crippen molar-refractivity contribution in [2.45, 2.75) is 62.8 Å². The Hall–Kier alpha value is -0.0600. The number of halogens is 1. The van der Waals surface area contributed by atoms with Crippen LogP contribution in [-0.4, -0.2) is 22.8 Å². The van der Waals surface area contributed by atoms with Crippen molar-refractivity contribution in [3.63, 3.8) is 0 Å². The van der Waals surface area contributed by atoms with E-state index >= 15 is 0 Å². The number of rotatable bonds is 6. The average molecular weight is 371 g/mol. The molecule has 118 valence electrons. The van der Waals surface area contributed by atoms with Crippen LogP contribution in [0.4, 0.5) is 0 Å². The highest BCUT2D eigenvalue weighted by molar-refractivity contribution is 9.10. The van der Waals surface area contributed by atoms with E-state index in [-0.39, 0.29) is 0 Å². The molecule has 1 heterocycles. The lowest BCUT2D eigenvalue weighted by molar-refractivity contribution is 0.246. The van der Waals surface area contributed by atoms with Crippen LogP contribution in [0.15, 0.2) is 27.8 Å². The summed E-state index contributed by atoms with van der Waals surface area (Å²) in [4.78, 5) is 4.55. The van der Waals surface area contributed by atoms with Gasteiger partial charge in [0.2, 0.25) is 0 Å². The molecule has 3 unspecified atom stereocenters. The normalized spacial score (nSPS) is 26.2. The van der Waals surface area contributed by atoms with Gasteiger partial charge >= 0.3 is 0 Å². The van der Waals surface area contributed by atoms with E-state index in [1.165, 1.54) is 25.7 Å². The van der Waals surface area contributed by atoms with Crippen LogP contribution in [-0.2, 0) is 0 Å².